The molecule has 2 atom stereocenters. The van der Waals surface area contributed by atoms with E-state index in [1.807, 2.05) is 0 Å². The first-order valence-corrected chi connectivity index (χ1v) is 5.73. The predicted molar refractivity (Wildman–Crippen MR) is 62.4 cm³/mol. The van der Waals surface area contributed by atoms with Crippen LogP contribution >= 0.6 is 11.6 Å². The molecule has 0 heterocycles. The van der Waals surface area contributed by atoms with Crippen LogP contribution in [0.2, 0.25) is 5.02 Å². The van der Waals surface area contributed by atoms with Crippen molar-refractivity contribution in [1.29, 1.82) is 0 Å². The fourth-order valence-corrected chi connectivity index (χ4v) is 1.96. The minimum absolute atomic E-state index is 0.0628. The zero-order chi connectivity index (χ0) is 13.9. The van der Waals surface area contributed by atoms with E-state index in [1.54, 1.807) is 6.92 Å². The van der Waals surface area contributed by atoms with E-state index < -0.39 is 23.7 Å². The van der Waals surface area contributed by atoms with Gasteiger partial charge in [-0.05, 0) is 24.5 Å². The highest BCUT2D eigenvalue weighted by molar-refractivity contribution is 6.31. The molecule has 1 aromatic carbocycles. The van der Waals surface area contributed by atoms with Gasteiger partial charge in [-0.2, -0.15) is 0 Å². The van der Waals surface area contributed by atoms with Gasteiger partial charge in [0.1, 0.15) is 0 Å². The summed E-state index contributed by atoms with van der Waals surface area (Å²) in [7, 11) is 0. The minimum atomic E-state index is -1.12. The van der Waals surface area contributed by atoms with Crippen molar-refractivity contribution >= 4 is 17.6 Å². The summed E-state index contributed by atoms with van der Waals surface area (Å²) in [4.78, 5) is 10.5. The molecule has 0 aliphatic carbocycles. The number of aliphatic hydroxyl groups is 1. The van der Waals surface area contributed by atoms with Gasteiger partial charge in [0.15, 0.2) is 11.6 Å². The average molecular weight is 279 g/mol. The maximum atomic E-state index is 13.0. The van der Waals surface area contributed by atoms with Crippen LogP contribution in [0.25, 0.3) is 0 Å². The molecule has 1 rings (SSSR count). The van der Waals surface area contributed by atoms with Gasteiger partial charge < -0.3 is 10.2 Å². The maximum absolute atomic E-state index is 13.0. The second kappa shape index (κ2) is 6.11. The number of hydrogen-bond donors (Lipinski definition) is 2. The molecule has 2 N–H and O–H groups in total. The first kappa shape index (κ1) is 14.9. The number of rotatable bonds is 5. The van der Waals surface area contributed by atoms with Crippen LogP contribution in [-0.4, -0.2) is 16.2 Å². The van der Waals surface area contributed by atoms with Gasteiger partial charge in [-0.15, -0.1) is 0 Å². The van der Waals surface area contributed by atoms with Crippen LogP contribution in [0.1, 0.15) is 31.4 Å². The quantitative estimate of drug-likeness (QED) is 0.814. The van der Waals surface area contributed by atoms with Crippen LogP contribution in [0.4, 0.5) is 8.78 Å². The van der Waals surface area contributed by atoms with Gasteiger partial charge in [0, 0.05) is 17.0 Å². The molecule has 0 aromatic heterocycles. The Morgan fingerprint density at radius 2 is 1.94 bits per heavy atom. The van der Waals surface area contributed by atoms with E-state index in [4.69, 9.17) is 16.7 Å². The lowest BCUT2D eigenvalue weighted by Crippen LogP contribution is -2.10. The van der Waals surface area contributed by atoms with Gasteiger partial charge in [0.05, 0.1) is 6.10 Å². The molecule has 3 nitrogen and oxygen atoms in total. The monoisotopic (exact) mass is 278 g/mol. The third kappa shape index (κ3) is 3.92. The smallest absolute Gasteiger partial charge is 0.303 e. The first-order valence-electron chi connectivity index (χ1n) is 5.35. The van der Waals surface area contributed by atoms with E-state index >= 15 is 0 Å². The Bertz CT molecular complexity index is 451. The van der Waals surface area contributed by atoms with Gasteiger partial charge in [-0.1, -0.05) is 18.5 Å². The van der Waals surface area contributed by atoms with E-state index in [0.717, 1.165) is 12.1 Å². The molecule has 6 heteroatoms. The summed E-state index contributed by atoms with van der Waals surface area (Å²) in [5, 5.41) is 18.3. The zero-order valence-electron chi connectivity index (χ0n) is 9.66. The van der Waals surface area contributed by atoms with Crippen molar-refractivity contribution in [3.05, 3.63) is 34.4 Å². The number of hydrogen-bond acceptors (Lipinski definition) is 2. The lowest BCUT2D eigenvalue weighted by Gasteiger charge is -2.16. The summed E-state index contributed by atoms with van der Waals surface area (Å²) in [6.45, 7) is 1.64. The summed E-state index contributed by atoms with van der Waals surface area (Å²) in [5.41, 5.74) is 0.0628. The highest BCUT2D eigenvalue weighted by Crippen LogP contribution is 2.30. The topological polar surface area (TPSA) is 57.5 Å². The van der Waals surface area contributed by atoms with Crippen molar-refractivity contribution in [3.63, 3.8) is 0 Å². The van der Waals surface area contributed by atoms with Gasteiger partial charge in [-0.3, -0.25) is 4.79 Å². The standard InChI is InChI=1S/C12H13ClF2O3/c1-6(3-12(17)18)2-11(16)7-4-9(14)10(15)5-8(7)13/h4-6,11,16H,2-3H2,1H3,(H,17,18). The summed E-state index contributed by atoms with van der Waals surface area (Å²) >= 11 is 5.70. The van der Waals surface area contributed by atoms with Crippen LogP contribution in [0.15, 0.2) is 12.1 Å². The second-order valence-electron chi connectivity index (χ2n) is 4.24. The van der Waals surface area contributed by atoms with Gasteiger partial charge in [-0.25, -0.2) is 8.78 Å². The number of carboxylic acids is 1. The molecule has 0 saturated heterocycles. The normalized spacial score (nSPS) is 14.3. The van der Waals surface area contributed by atoms with Crippen LogP contribution in [0, 0.1) is 17.6 Å². The highest BCUT2D eigenvalue weighted by Gasteiger charge is 2.19. The van der Waals surface area contributed by atoms with Crippen molar-refractivity contribution in [3.8, 4) is 0 Å². The van der Waals surface area contributed by atoms with Crippen molar-refractivity contribution in [1.82, 2.24) is 0 Å². The number of aliphatic carboxylic acids is 1. The Labute approximate surface area is 108 Å². The Balaban J connectivity index is 2.81. The van der Waals surface area contributed by atoms with Gasteiger partial charge in [0.25, 0.3) is 0 Å². The number of benzene rings is 1. The second-order valence-corrected chi connectivity index (χ2v) is 4.65. The molecule has 18 heavy (non-hydrogen) atoms. The summed E-state index contributed by atoms with van der Waals surface area (Å²) in [6.07, 6.45) is -1.13. The molecule has 0 bridgehead atoms. The lowest BCUT2D eigenvalue weighted by atomic mass is 9.96. The Hall–Kier alpha value is -1.20. The van der Waals surface area contributed by atoms with Gasteiger partial charge >= 0.3 is 5.97 Å². The largest absolute Gasteiger partial charge is 0.481 e. The van der Waals surface area contributed by atoms with Crippen molar-refractivity contribution in [2.45, 2.75) is 25.9 Å². The third-order valence-corrected chi connectivity index (χ3v) is 2.87. The molecule has 0 amide bonds. The fourth-order valence-electron chi connectivity index (χ4n) is 1.68. The Morgan fingerprint density at radius 1 is 1.39 bits per heavy atom. The molecular weight excluding hydrogens is 266 g/mol. The van der Waals surface area contributed by atoms with E-state index in [-0.39, 0.29) is 29.3 Å². The average Bonchev–Trinajstić information content (AvgIpc) is 2.21. The van der Waals surface area contributed by atoms with Crippen LogP contribution in [-0.2, 0) is 4.79 Å². The summed E-state index contributed by atoms with van der Waals surface area (Å²) < 4.78 is 25.9. The van der Waals surface area contributed by atoms with Crippen molar-refractivity contribution < 1.29 is 23.8 Å². The SMILES string of the molecule is CC(CC(=O)O)CC(O)c1cc(F)c(F)cc1Cl. The molecule has 0 aliphatic rings. The molecule has 0 radical (unpaired) electrons. The Kier molecular flexibility index (Phi) is 5.04. The summed E-state index contributed by atoms with van der Waals surface area (Å²) in [6, 6.07) is 1.62. The molecule has 2 unspecified atom stereocenters. The molecule has 100 valence electrons. The predicted octanol–water partition coefficient (Wildman–Crippen LogP) is 3.15. The minimum Gasteiger partial charge on any atom is -0.481 e. The molecule has 0 fully saturated rings. The molecule has 1 aromatic rings. The number of aliphatic hydroxyl groups excluding tert-OH is 1. The maximum Gasteiger partial charge on any atom is 0.303 e. The fraction of sp³-hybridized carbons (Fsp3) is 0.417. The number of halogens is 3. The summed E-state index contributed by atoms with van der Waals surface area (Å²) in [5.74, 6) is -3.47. The van der Waals surface area contributed by atoms with Crippen molar-refractivity contribution in [2.24, 2.45) is 5.92 Å². The Morgan fingerprint density at radius 3 is 2.50 bits per heavy atom. The number of carboxylic acid groups (broad SMARTS) is 1. The molecular formula is C12H13ClF2O3. The lowest BCUT2D eigenvalue weighted by molar-refractivity contribution is -0.138. The molecule has 0 aliphatic heterocycles. The van der Waals surface area contributed by atoms with Crippen LogP contribution < -0.4 is 0 Å². The van der Waals surface area contributed by atoms with Gasteiger partial charge in [0.2, 0.25) is 0 Å². The van der Waals surface area contributed by atoms with Crippen molar-refractivity contribution in [2.75, 3.05) is 0 Å². The first-order chi connectivity index (χ1) is 8.31. The van der Waals surface area contributed by atoms with E-state index in [9.17, 15) is 18.7 Å². The van der Waals surface area contributed by atoms with E-state index in [0.29, 0.717) is 0 Å². The molecule has 0 spiro atoms. The van der Waals surface area contributed by atoms with E-state index in [1.165, 1.54) is 0 Å². The third-order valence-electron chi connectivity index (χ3n) is 2.55. The molecule has 0 saturated carbocycles. The number of carbonyl (C=O) groups is 1. The van der Waals surface area contributed by atoms with E-state index in [2.05, 4.69) is 0 Å². The highest BCUT2D eigenvalue weighted by atomic mass is 35.5. The zero-order valence-corrected chi connectivity index (χ0v) is 10.4. The van der Waals surface area contributed by atoms with Crippen LogP contribution in [0.3, 0.4) is 0 Å². The van der Waals surface area contributed by atoms with Crippen LogP contribution in [0.5, 0.6) is 0 Å².